The molecule has 2 aromatic rings. The largest absolute Gasteiger partial charge is 0.321 e. The first-order chi connectivity index (χ1) is 10.0. The van der Waals surface area contributed by atoms with Crippen molar-refractivity contribution in [2.24, 2.45) is 5.73 Å². The zero-order chi connectivity index (χ0) is 15.4. The molecule has 0 atom stereocenters. The van der Waals surface area contributed by atoms with E-state index < -0.39 is 5.82 Å². The van der Waals surface area contributed by atoms with Crippen molar-refractivity contribution >= 4 is 22.9 Å². The average Bonchev–Trinajstić information content (AvgIpc) is 2.78. The number of amides is 1. The Kier molecular flexibility index (Phi) is 4.68. The Morgan fingerprint density at radius 2 is 2.24 bits per heavy atom. The van der Waals surface area contributed by atoms with Crippen molar-refractivity contribution in [3.63, 3.8) is 0 Å². The van der Waals surface area contributed by atoms with Crippen LogP contribution in [0.25, 0.3) is 0 Å². The highest BCUT2D eigenvalue weighted by Gasteiger charge is 2.14. The summed E-state index contributed by atoms with van der Waals surface area (Å²) in [6.07, 6.45) is 0. The minimum absolute atomic E-state index is 0.148. The Balaban J connectivity index is 2.23. The van der Waals surface area contributed by atoms with Crippen LogP contribution in [0.5, 0.6) is 0 Å². The number of nitrogens with one attached hydrogen (secondary N) is 1. The number of hydrogen-bond donors (Lipinski definition) is 2. The minimum atomic E-state index is -0.446. The van der Waals surface area contributed by atoms with Gasteiger partial charge in [0.15, 0.2) is 0 Å². The summed E-state index contributed by atoms with van der Waals surface area (Å²) >= 11 is 1.32. The molecule has 0 bridgehead atoms. The lowest BCUT2D eigenvalue weighted by molar-refractivity contribution is 0.103. The summed E-state index contributed by atoms with van der Waals surface area (Å²) < 4.78 is 13.6. The van der Waals surface area contributed by atoms with Crippen LogP contribution in [0.2, 0.25) is 0 Å². The number of thiazole rings is 1. The van der Waals surface area contributed by atoms with Gasteiger partial charge in [0.25, 0.3) is 5.91 Å². The fourth-order valence-electron chi connectivity index (χ4n) is 1.77. The van der Waals surface area contributed by atoms with Crippen molar-refractivity contribution in [2.75, 3.05) is 11.9 Å². The van der Waals surface area contributed by atoms with Crippen LogP contribution >= 0.6 is 11.3 Å². The van der Waals surface area contributed by atoms with Gasteiger partial charge in [0.05, 0.1) is 22.8 Å². The number of nitrogens with zero attached hydrogens (tertiary/aromatic N) is 1. The SMILES string of the molecule is Cc1nc(C)c(C(=O)Nc2ccc(F)c(C#CCN)c2)s1. The number of anilines is 1. The molecule has 1 amide bonds. The molecule has 2 rings (SSSR count). The number of nitrogens with two attached hydrogens (primary N) is 1. The molecule has 0 saturated carbocycles. The second kappa shape index (κ2) is 6.48. The smallest absolute Gasteiger partial charge is 0.267 e. The zero-order valence-electron chi connectivity index (χ0n) is 11.7. The summed E-state index contributed by atoms with van der Waals surface area (Å²) in [6, 6.07) is 4.24. The number of aromatic nitrogens is 1. The summed E-state index contributed by atoms with van der Waals surface area (Å²) in [5.41, 5.74) is 6.63. The van der Waals surface area contributed by atoms with E-state index in [1.54, 1.807) is 6.92 Å². The van der Waals surface area contributed by atoms with Gasteiger partial charge in [-0.3, -0.25) is 4.79 Å². The Morgan fingerprint density at radius 1 is 1.48 bits per heavy atom. The zero-order valence-corrected chi connectivity index (χ0v) is 12.5. The molecule has 0 fully saturated rings. The number of carbonyl (C=O) groups excluding carboxylic acids is 1. The van der Waals surface area contributed by atoms with E-state index in [2.05, 4.69) is 22.1 Å². The van der Waals surface area contributed by atoms with E-state index >= 15 is 0 Å². The van der Waals surface area contributed by atoms with Gasteiger partial charge in [-0.15, -0.1) is 11.3 Å². The molecule has 0 spiro atoms. The van der Waals surface area contributed by atoms with Crippen molar-refractivity contribution in [3.8, 4) is 11.8 Å². The van der Waals surface area contributed by atoms with Crippen molar-refractivity contribution < 1.29 is 9.18 Å². The summed E-state index contributed by atoms with van der Waals surface area (Å²) in [5, 5.41) is 3.55. The van der Waals surface area contributed by atoms with Crippen LogP contribution in [0.3, 0.4) is 0 Å². The first-order valence-corrected chi connectivity index (χ1v) is 7.06. The standard InChI is InChI=1S/C15H14FN3OS/c1-9-14(21-10(2)18-9)15(20)19-12-5-6-13(16)11(8-12)4-3-7-17/h5-6,8H,7,17H2,1-2H3,(H,19,20). The predicted molar refractivity (Wildman–Crippen MR) is 81.9 cm³/mol. The quantitative estimate of drug-likeness (QED) is 0.837. The normalized spacial score (nSPS) is 9.90. The van der Waals surface area contributed by atoms with Gasteiger partial charge in [0.2, 0.25) is 0 Å². The van der Waals surface area contributed by atoms with Crippen LogP contribution in [0.15, 0.2) is 18.2 Å². The van der Waals surface area contributed by atoms with E-state index in [0.29, 0.717) is 16.3 Å². The van der Waals surface area contributed by atoms with E-state index in [4.69, 9.17) is 5.73 Å². The molecular weight excluding hydrogens is 289 g/mol. The highest BCUT2D eigenvalue weighted by Crippen LogP contribution is 2.20. The van der Waals surface area contributed by atoms with Gasteiger partial charge in [-0.1, -0.05) is 11.8 Å². The molecule has 21 heavy (non-hydrogen) atoms. The predicted octanol–water partition coefficient (Wildman–Crippen LogP) is 2.46. The molecule has 3 N–H and O–H groups in total. The van der Waals surface area contributed by atoms with E-state index in [1.165, 1.54) is 29.5 Å². The number of rotatable bonds is 2. The summed E-state index contributed by atoms with van der Waals surface area (Å²) in [5.74, 6) is 4.51. The second-order valence-corrected chi connectivity index (χ2v) is 5.51. The highest BCUT2D eigenvalue weighted by atomic mass is 32.1. The maximum Gasteiger partial charge on any atom is 0.267 e. The van der Waals surface area contributed by atoms with Crippen LogP contribution < -0.4 is 11.1 Å². The molecule has 0 aliphatic heterocycles. The van der Waals surface area contributed by atoms with Gasteiger partial charge in [-0.25, -0.2) is 9.37 Å². The average molecular weight is 303 g/mol. The van der Waals surface area contributed by atoms with Gasteiger partial charge in [0.1, 0.15) is 10.7 Å². The van der Waals surface area contributed by atoms with E-state index in [9.17, 15) is 9.18 Å². The van der Waals surface area contributed by atoms with Crippen LogP contribution in [0.4, 0.5) is 10.1 Å². The van der Waals surface area contributed by atoms with Crippen molar-refractivity contribution in [3.05, 3.63) is 45.2 Å². The van der Waals surface area contributed by atoms with Crippen molar-refractivity contribution in [1.82, 2.24) is 4.98 Å². The third-order valence-corrected chi connectivity index (χ3v) is 3.73. The first kappa shape index (κ1) is 15.2. The second-order valence-electron chi connectivity index (χ2n) is 4.30. The molecule has 1 aromatic heterocycles. The molecule has 0 saturated heterocycles. The maximum atomic E-state index is 13.6. The monoisotopic (exact) mass is 303 g/mol. The summed E-state index contributed by atoms with van der Waals surface area (Å²) in [6.45, 7) is 3.77. The molecule has 0 aliphatic carbocycles. The van der Waals surface area contributed by atoms with E-state index in [-0.39, 0.29) is 18.0 Å². The molecule has 4 nitrogen and oxygen atoms in total. The Hall–Kier alpha value is -2.23. The molecular formula is C15H14FN3OS. The Morgan fingerprint density at radius 3 is 2.86 bits per heavy atom. The van der Waals surface area contributed by atoms with Crippen LogP contribution in [-0.2, 0) is 0 Å². The topological polar surface area (TPSA) is 68.0 Å². The van der Waals surface area contributed by atoms with E-state index in [1.807, 2.05) is 6.92 Å². The van der Waals surface area contributed by atoms with Crippen LogP contribution in [0.1, 0.15) is 25.9 Å². The molecule has 0 radical (unpaired) electrons. The molecule has 0 unspecified atom stereocenters. The molecule has 1 heterocycles. The first-order valence-electron chi connectivity index (χ1n) is 6.25. The lowest BCUT2D eigenvalue weighted by Gasteiger charge is -2.05. The fraction of sp³-hybridized carbons (Fsp3) is 0.200. The van der Waals surface area contributed by atoms with Gasteiger partial charge < -0.3 is 11.1 Å². The van der Waals surface area contributed by atoms with E-state index in [0.717, 1.165) is 5.01 Å². The number of halogens is 1. The third-order valence-electron chi connectivity index (χ3n) is 2.66. The lowest BCUT2D eigenvalue weighted by atomic mass is 10.2. The number of benzene rings is 1. The number of aryl methyl sites for hydroxylation is 2. The Labute approximate surface area is 126 Å². The van der Waals surface area contributed by atoms with Crippen LogP contribution in [0, 0.1) is 31.5 Å². The number of hydrogen-bond acceptors (Lipinski definition) is 4. The Bertz CT molecular complexity index is 743. The molecule has 6 heteroatoms. The van der Waals surface area contributed by atoms with Gasteiger partial charge in [-0.2, -0.15) is 0 Å². The summed E-state index contributed by atoms with van der Waals surface area (Å²) in [4.78, 5) is 16.9. The molecule has 1 aromatic carbocycles. The highest BCUT2D eigenvalue weighted by molar-refractivity contribution is 7.13. The van der Waals surface area contributed by atoms with Gasteiger partial charge >= 0.3 is 0 Å². The van der Waals surface area contributed by atoms with Gasteiger partial charge in [-0.05, 0) is 32.0 Å². The fourth-order valence-corrected chi connectivity index (χ4v) is 2.59. The molecule has 0 aliphatic rings. The summed E-state index contributed by atoms with van der Waals surface area (Å²) in [7, 11) is 0. The third kappa shape index (κ3) is 3.66. The van der Waals surface area contributed by atoms with Crippen molar-refractivity contribution in [1.29, 1.82) is 0 Å². The minimum Gasteiger partial charge on any atom is -0.321 e. The van der Waals surface area contributed by atoms with Crippen LogP contribution in [-0.4, -0.2) is 17.4 Å². The van der Waals surface area contributed by atoms with Crippen molar-refractivity contribution in [2.45, 2.75) is 13.8 Å². The number of carbonyl (C=O) groups is 1. The van der Waals surface area contributed by atoms with Gasteiger partial charge in [0, 0.05) is 5.69 Å². The molecule has 108 valence electrons. The maximum absolute atomic E-state index is 13.6. The lowest BCUT2D eigenvalue weighted by Crippen LogP contribution is -2.11.